The third-order valence-corrected chi connectivity index (χ3v) is 3.00. The summed E-state index contributed by atoms with van der Waals surface area (Å²) < 4.78 is 10.1. The number of carbonyl (C=O) groups is 2. The van der Waals surface area contributed by atoms with Gasteiger partial charge in [-0.3, -0.25) is 15.0 Å². The molecular weight excluding hydrogens is 256 g/mol. The number of esters is 1. The van der Waals surface area contributed by atoms with Crippen molar-refractivity contribution in [2.45, 2.75) is 19.6 Å². The van der Waals surface area contributed by atoms with Crippen LogP contribution in [0.4, 0.5) is 0 Å². The minimum absolute atomic E-state index is 0.198. The maximum absolute atomic E-state index is 11.3. The lowest BCUT2D eigenvalue weighted by molar-refractivity contribution is -0.139. The second-order valence-electron chi connectivity index (χ2n) is 3.50. The third-order valence-electron chi connectivity index (χ3n) is 2.08. The maximum Gasteiger partial charge on any atom is 0.315 e. The molecule has 0 unspecified atom stereocenters. The van der Waals surface area contributed by atoms with Gasteiger partial charge in [0.1, 0.15) is 5.76 Å². The Morgan fingerprint density at radius 1 is 1.56 bits per heavy atom. The van der Waals surface area contributed by atoms with Crippen molar-refractivity contribution in [2.24, 2.45) is 5.84 Å². The van der Waals surface area contributed by atoms with Crippen LogP contribution >= 0.6 is 11.8 Å². The van der Waals surface area contributed by atoms with Crippen LogP contribution in [0.2, 0.25) is 0 Å². The molecule has 7 heteroatoms. The average molecular weight is 272 g/mol. The molecule has 0 fully saturated rings. The standard InChI is InChI=1S/C11H16N2O4S/c1-3-16-9(14)6-18-5-8-4-7(2)10(17-8)11(15)13-12/h4H,3,5-6,12H2,1-2H3,(H,13,15). The highest BCUT2D eigenvalue weighted by molar-refractivity contribution is 7.99. The summed E-state index contributed by atoms with van der Waals surface area (Å²) in [5.74, 6) is 5.88. The van der Waals surface area contributed by atoms with Crippen molar-refractivity contribution in [1.29, 1.82) is 0 Å². The zero-order chi connectivity index (χ0) is 13.5. The molecule has 0 aliphatic carbocycles. The number of amides is 1. The Kier molecular flexibility index (Phi) is 5.73. The first-order valence-corrected chi connectivity index (χ1v) is 6.57. The fraction of sp³-hybridized carbons (Fsp3) is 0.455. The van der Waals surface area contributed by atoms with E-state index in [0.717, 1.165) is 0 Å². The van der Waals surface area contributed by atoms with E-state index in [1.165, 1.54) is 11.8 Å². The first-order chi connectivity index (χ1) is 8.58. The molecule has 0 saturated carbocycles. The molecule has 1 heterocycles. The molecule has 0 atom stereocenters. The van der Waals surface area contributed by atoms with Gasteiger partial charge in [-0.2, -0.15) is 0 Å². The summed E-state index contributed by atoms with van der Waals surface area (Å²) in [6.07, 6.45) is 0. The minimum Gasteiger partial charge on any atom is -0.465 e. The molecule has 0 radical (unpaired) electrons. The van der Waals surface area contributed by atoms with Crippen LogP contribution in [0.25, 0.3) is 0 Å². The van der Waals surface area contributed by atoms with E-state index in [-0.39, 0.29) is 17.5 Å². The lowest BCUT2D eigenvalue weighted by Gasteiger charge is -2.00. The van der Waals surface area contributed by atoms with E-state index in [9.17, 15) is 9.59 Å². The monoisotopic (exact) mass is 272 g/mol. The zero-order valence-corrected chi connectivity index (χ0v) is 11.1. The van der Waals surface area contributed by atoms with Crippen LogP contribution in [-0.4, -0.2) is 24.2 Å². The van der Waals surface area contributed by atoms with E-state index in [1.54, 1.807) is 19.9 Å². The second kappa shape index (κ2) is 7.07. The zero-order valence-electron chi connectivity index (χ0n) is 10.3. The number of hydrogen-bond acceptors (Lipinski definition) is 6. The first-order valence-electron chi connectivity index (χ1n) is 5.42. The van der Waals surface area contributed by atoms with Crippen molar-refractivity contribution in [2.75, 3.05) is 12.4 Å². The van der Waals surface area contributed by atoms with Gasteiger partial charge in [0.2, 0.25) is 0 Å². The molecule has 0 aromatic carbocycles. The lowest BCUT2D eigenvalue weighted by atomic mass is 10.2. The van der Waals surface area contributed by atoms with Crippen molar-refractivity contribution in [3.63, 3.8) is 0 Å². The Labute approximate surface area is 109 Å². The molecule has 1 aromatic rings. The number of hydrogen-bond donors (Lipinski definition) is 2. The fourth-order valence-corrected chi connectivity index (χ4v) is 2.04. The predicted octanol–water partition coefficient (Wildman–Crippen LogP) is 0.988. The van der Waals surface area contributed by atoms with E-state index in [1.807, 2.05) is 5.43 Å². The van der Waals surface area contributed by atoms with Crippen molar-refractivity contribution >= 4 is 23.6 Å². The van der Waals surface area contributed by atoms with Gasteiger partial charge in [0.05, 0.1) is 18.1 Å². The largest absolute Gasteiger partial charge is 0.465 e. The summed E-state index contributed by atoms with van der Waals surface area (Å²) in [7, 11) is 0. The Morgan fingerprint density at radius 3 is 2.89 bits per heavy atom. The highest BCUT2D eigenvalue weighted by Crippen LogP contribution is 2.19. The average Bonchev–Trinajstić information content (AvgIpc) is 2.70. The lowest BCUT2D eigenvalue weighted by Crippen LogP contribution is -2.30. The van der Waals surface area contributed by atoms with Crippen LogP contribution in [0.3, 0.4) is 0 Å². The number of carbonyl (C=O) groups excluding carboxylic acids is 2. The van der Waals surface area contributed by atoms with Gasteiger partial charge in [0.25, 0.3) is 0 Å². The summed E-state index contributed by atoms with van der Waals surface area (Å²) in [6, 6.07) is 1.75. The molecule has 1 rings (SSSR count). The fourth-order valence-electron chi connectivity index (χ4n) is 1.35. The number of thioether (sulfide) groups is 1. The predicted molar refractivity (Wildman–Crippen MR) is 67.9 cm³/mol. The second-order valence-corrected chi connectivity index (χ2v) is 4.48. The highest BCUT2D eigenvalue weighted by Gasteiger charge is 2.14. The molecule has 0 aliphatic heterocycles. The van der Waals surface area contributed by atoms with Crippen LogP contribution in [0.1, 0.15) is 28.8 Å². The van der Waals surface area contributed by atoms with Crippen LogP contribution in [0.15, 0.2) is 10.5 Å². The third kappa shape index (κ3) is 4.08. The number of rotatable bonds is 6. The van der Waals surface area contributed by atoms with Gasteiger partial charge in [-0.15, -0.1) is 11.8 Å². The van der Waals surface area contributed by atoms with Gasteiger partial charge in [-0.25, -0.2) is 5.84 Å². The molecule has 0 saturated heterocycles. The summed E-state index contributed by atoms with van der Waals surface area (Å²) in [5, 5.41) is 0. The van der Waals surface area contributed by atoms with Gasteiger partial charge in [-0.05, 0) is 19.9 Å². The topological polar surface area (TPSA) is 94.6 Å². The van der Waals surface area contributed by atoms with Crippen molar-refractivity contribution in [3.8, 4) is 0 Å². The van der Waals surface area contributed by atoms with Crippen molar-refractivity contribution in [3.05, 3.63) is 23.2 Å². The summed E-state index contributed by atoms with van der Waals surface area (Å²) in [4.78, 5) is 22.4. The molecule has 0 aliphatic rings. The molecule has 1 amide bonds. The summed E-state index contributed by atoms with van der Waals surface area (Å²) in [5.41, 5.74) is 2.73. The van der Waals surface area contributed by atoms with Gasteiger partial charge in [0, 0.05) is 5.56 Å². The number of nitrogens with one attached hydrogen (secondary N) is 1. The number of ether oxygens (including phenoxy) is 1. The normalized spacial score (nSPS) is 10.2. The highest BCUT2D eigenvalue weighted by atomic mass is 32.2. The van der Waals surface area contributed by atoms with E-state index in [0.29, 0.717) is 23.7 Å². The van der Waals surface area contributed by atoms with Crippen LogP contribution < -0.4 is 11.3 Å². The van der Waals surface area contributed by atoms with Crippen LogP contribution in [-0.2, 0) is 15.3 Å². The molecule has 0 spiro atoms. The molecule has 0 bridgehead atoms. The van der Waals surface area contributed by atoms with Crippen LogP contribution in [0, 0.1) is 6.92 Å². The number of nitrogens with two attached hydrogens (primary N) is 1. The Morgan fingerprint density at radius 2 is 2.28 bits per heavy atom. The molecule has 1 aromatic heterocycles. The van der Waals surface area contributed by atoms with E-state index >= 15 is 0 Å². The summed E-state index contributed by atoms with van der Waals surface area (Å²) >= 11 is 1.36. The molecule has 6 nitrogen and oxygen atoms in total. The number of nitrogen functional groups attached to an aromatic ring is 1. The SMILES string of the molecule is CCOC(=O)CSCc1cc(C)c(C(=O)NN)o1. The smallest absolute Gasteiger partial charge is 0.315 e. The number of hydrazine groups is 1. The van der Waals surface area contributed by atoms with E-state index < -0.39 is 5.91 Å². The molecule has 18 heavy (non-hydrogen) atoms. The molecule has 100 valence electrons. The number of aryl methyl sites for hydroxylation is 1. The van der Waals surface area contributed by atoms with Crippen molar-refractivity contribution in [1.82, 2.24) is 5.43 Å². The molecular formula is C11H16N2O4S. The molecule has 3 N–H and O–H groups in total. The maximum atomic E-state index is 11.3. The van der Waals surface area contributed by atoms with Gasteiger partial charge >= 0.3 is 11.9 Å². The Balaban J connectivity index is 2.49. The van der Waals surface area contributed by atoms with Gasteiger partial charge in [-0.1, -0.05) is 0 Å². The minimum atomic E-state index is -0.464. The Bertz CT molecular complexity index is 431. The number of furan rings is 1. The Hall–Kier alpha value is -1.47. The van der Waals surface area contributed by atoms with E-state index in [2.05, 4.69) is 0 Å². The van der Waals surface area contributed by atoms with Crippen LogP contribution in [0.5, 0.6) is 0 Å². The van der Waals surface area contributed by atoms with Crippen molar-refractivity contribution < 1.29 is 18.7 Å². The first kappa shape index (κ1) is 14.6. The van der Waals surface area contributed by atoms with Gasteiger partial charge in [0.15, 0.2) is 5.76 Å². The van der Waals surface area contributed by atoms with Gasteiger partial charge < -0.3 is 9.15 Å². The summed E-state index contributed by atoms with van der Waals surface area (Å²) in [6.45, 7) is 3.89. The quantitative estimate of drug-likeness (QED) is 0.347. The van der Waals surface area contributed by atoms with E-state index in [4.69, 9.17) is 15.0 Å².